The zero-order chi connectivity index (χ0) is 35.3. The molecule has 0 aliphatic heterocycles. The average Bonchev–Trinajstić information content (AvgIpc) is 3.84. The third-order valence-electron chi connectivity index (χ3n) is 11.0. The second-order valence-electron chi connectivity index (χ2n) is 14.4. The van der Waals surface area contributed by atoms with Crippen molar-refractivity contribution in [2.24, 2.45) is 0 Å². The Balaban J connectivity index is 1.23. The van der Waals surface area contributed by atoms with Crippen LogP contribution in [0.15, 0.2) is 162 Å². The minimum absolute atomic E-state index is 0.274. The van der Waals surface area contributed by atoms with E-state index in [9.17, 15) is 0 Å². The molecule has 53 heavy (non-hydrogen) atoms. The van der Waals surface area contributed by atoms with Crippen LogP contribution >= 0.6 is 0 Å². The summed E-state index contributed by atoms with van der Waals surface area (Å²) in [6.45, 7) is 4.73. The maximum Gasteiger partial charge on any atom is 0.164 e. The summed E-state index contributed by atoms with van der Waals surface area (Å²) < 4.78 is 9.33. The Kier molecular flexibility index (Phi) is 6.23. The molecule has 0 fully saturated rings. The van der Waals surface area contributed by atoms with Crippen molar-refractivity contribution in [2.45, 2.75) is 19.3 Å². The van der Waals surface area contributed by atoms with E-state index in [4.69, 9.17) is 19.4 Å². The van der Waals surface area contributed by atoms with Gasteiger partial charge in [0.1, 0.15) is 11.2 Å². The Morgan fingerprint density at radius 1 is 0.528 bits per heavy atom. The largest absolute Gasteiger partial charge is 0.455 e. The van der Waals surface area contributed by atoms with Crippen LogP contribution in [0.25, 0.3) is 94.7 Å². The number of nitrogens with zero attached hydrogens (tertiary/aromatic N) is 4. The highest BCUT2D eigenvalue weighted by atomic mass is 16.3. The molecule has 3 aromatic heterocycles. The van der Waals surface area contributed by atoms with E-state index in [1.54, 1.807) is 0 Å². The molecule has 3 heterocycles. The maximum absolute atomic E-state index is 6.89. The molecule has 1 aliphatic rings. The maximum atomic E-state index is 6.89. The van der Waals surface area contributed by atoms with Gasteiger partial charge in [-0.1, -0.05) is 147 Å². The van der Waals surface area contributed by atoms with E-state index >= 15 is 0 Å². The molecule has 5 heteroatoms. The van der Waals surface area contributed by atoms with E-state index in [2.05, 4.69) is 115 Å². The van der Waals surface area contributed by atoms with Crippen LogP contribution in [0.4, 0.5) is 0 Å². The number of fused-ring (bicyclic) bond motifs is 12. The lowest BCUT2D eigenvalue weighted by Crippen LogP contribution is -2.16. The highest BCUT2D eigenvalue weighted by Crippen LogP contribution is 2.57. The van der Waals surface area contributed by atoms with Gasteiger partial charge in [-0.2, -0.15) is 0 Å². The van der Waals surface area contributed by atoms with Crippen molar-refractivity contribution in [3.05, 3.63) is 169 Å². The molecule has 0 amide bonds. The van der Waals surface area contributed by atoms with Crippen molar-refractivity contribution >= 4 is 43.7 Å². The van der Waals surface area contributed by atoms with Gasteiger partial charge in [0.2, 0.25) is 0 Å². The molecule has 0 saturated carbocycles. The fraction of sp³-hybridized carbons (Fsp3) is 0.0625. The summed E-state index contributed by atoms with van der Waals surface area (Å²) in [6.07, 6.45) is 0. The van der Waals surface area contributed by atoms with Crippen molar-refractivity contribution in [3.8, 4) is 51.0 Å². The fourth-order valence-electron chi connectivity index (χ4n) is 8.67. The first-order valence-corrected chi connectivity index (χ1v) is 18.0. The van der Waals surface area contributed by atoms with Crippen LogP contribution in [0.2, 0.25) is 0 Å². The zero-order valence-electron chi connectivity index (χ0n) is 29.2. The summed E-state index contributed by atoms with van der Waals surface area (Å²) in [7, 11) is 0. The van der Waals surface area contributed by atoms with Gasteiger partial charge in [0.15, 0.2) is 17.5 Å². The van der Waals surface area contributed by atoms with Gasteiger partial charge in [-0.05, 0) is 46.5 Å². The molecule has 0 unspecified atom stereocenters. The Labute approximate surface area is 305 Å². The van der Waals surface area contributed by atoms with E-state index in [1.807, 2.05) is 60.7 Å². The molecule has 1 aliphatic carbocycles. The minimum atomic E-state index is -0.274. The lowest BCUT2D eigenvalue weighted by molar-refractivity contribution is 0.662. The normalized spacial score (nSPS) is 13.2. The number of hydrogen-bond acceptors (Lipinski definition) is 4. The van der Waals surface area contributed by atoms with Crippen LogP contribution in [0, 0.1) is 0 Å². The average molecular weight is 681 g/mol. The molecule has 11 rings (SSSR count). The quantitative estimate of drug-likeness (QED) is 0.186. The zero-order valence-corrected chi connectivity index (χ0v) is 29.2. The third kappa shape index (κ3) is 4.28. The number of hydrogen-bond donors (Lipinski definition) is 0. The fourth-order valence-corrected chi connectivity index (χ4v) is 8.67. The van der Waals surface area contributed by atoms with Crippen molar-refractivity contribution in [3.63, 3.8) is 0 Å². The second kappa shape index (κ2) is 11.1. The van der Waals surface area contributed by atoms with E-state index in [1.165, 1.54) is 27.6 Å². The lowest BCUT2D eigenvalue weighted by Gasteiger charge is -2.24. The summed E-state index contributed by atoms with van der Waals surface area (Å²) in [6, 6.07) is 54.9. The van der Waals surface area contributed by atoms with Crippen LogP contribution in [0.5, 0.6) is 0 Å². The molecule has 0 atom stereocenters. The van der Waals surface area contributed by atoms with Gasteiger partial charge >= 0.3 is 0 Å². The van der Waals surface area contributed by atoms with E-state index in [0.29, 0.717) is 17.5 Å². The van der Waals surface area contributed by atoms with E-state index < -0.39 is 0 Å². The van der Waals surface area contributed by atoms with Crippen molar-refractivity contribution in [1.29, 1.82) is 0 Å². The number of benzene rings is 7. The van der Waals surface area contributed by atoms with Crippen LogP contribution in [-0.2, 0) is 5.41 Å². The van der Waals surface area contributed by atoms with Crippen molar-refractivity contribution in [1.82, 2.24) is 19.5 Å². The van der Waals surface area contributed by atoms with Gasteiger partial charge in [-0.25, -0.2) is 15.0 Å². The molecule has 0 N–H and O–H groups in total. The van der Waals surface area contributed by atoms with Crippen LogP contribution in [-0.4, -0.2) is 19.5 Å². The number of rotatable bonds is 4. The summed E-state index contributed by atoms with van der Waals surface area (Å²) in [5, 5.41) is 4.62. The molecule has 10 aromatic rings. The van der Waals surface area contributed by atoms with E-state index in [-0.39, 0.29) is 5.41 Å². The summed E-state index contributed by atoms with van der Waals surface area (Å²) >= 11 is 0. The highest BCUT2D eigenvalue weighted by molar-refractivity contribution is 6.30. The highest BCUT2D eigenvalue weighted by Gasteiger charge is 2.41. The second-order valence-corrected chi connectivity index (χ2v) is 14.4. The molecular weight excluding hydrogens is 649 g/mol. The predicted molar refractivity (Wildman–Crippen MR) is 215 cm³/mol. The van der Waals surface area contributed by atoms with Gasteiger partial charge in [0.05, 0.1) is 16.4 Å². The summed E-state index contributed by atoms with van der Waals surface area (Å²) in [5.41, 5.74) is 12.8. The van der Waals surface area contributed by atoms with E-state index in [0.717, 1.165) is 60.7 Å². The van der Waals surface area contributed by atoms with Gasteiger partial charge in [-0.15, -0.1) is 0 Å². The first-order valence-electron chi connectivity index (χ1n) is 18.0. The molecule has 0 saturated heterocycles. The SMILES string of the molecule is CC1(C)c2ccccc2-c2c1c1c(c3ccccc3n1-c1cccc(-c3nc(-c4ccccc4)nc(-c4ccccc4)n3)c1)c1oc3ccccc3c21. The Morgan fingerprint density at radius 3 is 1.85 bits per heavy atom. The van der Waals surface area contributed by atoms with Gasteiger partial charge < -0.3 is 8.98 Å². The predicted octanol–water partition coefficient (Wildman–Crippen LogP) is 12.2. The van der Waals surface area contributed by atoms with Gasteiger partial charge in [-0.3, -0.25) is 0 Å². The van der Waals surface area contributed by atoms with Crippen LogP contribution in [0.3, 0.4) is 0 Å². The van der Waals surface area contributed by atoms with Crippen LogP contribution in [0.1, 0.15) is 25.0 Å². The first kappa shape index (κ1) is 29.8. The molecule has 0 radical (unpaired) electrons. The number of aromatic nitrogens is 4. The Hall–Kier alpha value is -6.85. The minimum Gasteiger partial charge on any atom is -0.455 e. The standard InChI is InChI=1S/C48H32N4O/c1-48(2)36-25-12-9-22-33(36)39-40-35-24-11-14-27-38(35)53-44(40)41-34-23-10-13-26-37(34)52(43(41)42(39)48)32-21-15-20-31(28-32)47-50-45(29-16-5-3-6-17-29)49-46(51-47)30-18-7-4-8-19-30/h3-28H,1-2H3. The summed E-state index contributed by atoms with van der Waals surface area (Å²) in [5.74, 6) is 1.90. The van der Waals surface area contributed by atoms with Gasteiger partial charge in [0, 0.05) is 44.0 Å². The van der Waals surface area contributed by atoms with Gasteiger partial charge in [0.25, 0.3) is 0 Å². The molecule has 250 valence electrons. The smallest absolute Gasteiger partial charge is 0.164 e. The summed E-state index contributed by atoms with van der Waals surface area (Å²) in [4.78, 5) is 15.1. The number of furan rings is 1. The molecule has 0 bridgehead atoms. The number of para-hydroxylation sites is 2. The lowest BCUT2D eigenvalue weighted by atomic mass is 9.81. The monoisotopic (exact) mass is 680 g/mol. The molecule has 0 spiro atoms. The Bertz CT molecular complexity index is 3020. The van der Waals surface area contributed by atoms with Crippen LogP contribution < -0.4 is 0 Å². The third-order valence-corrected chi connectivity index (χ3v) is 11.0. The first-order chi connectivity index (χ1) is 26.1. The Morgan fingerprint density at radius 2 is 1.11 bits per heavy atom. The molecular formula is C48H32N4O. The molecule has 5 nitrogen and oxygen atoms in total. The molecule has 7 aromatic carbocycles. The van der Waals surface area contributed by atoms with Crippen molar-refractivity contribution < 1.29 is 4.42 Å². The topological polar surface area (TPSA) is 56.7 Å². The van der Waals surface area contributed by atoms with Crippen molar-refractivity contribution in [2.75, 3.05) is 0 Å².